The predicted octanol–water partition coefficient (Wildman–Crippen LogP) is 6.32. The summed E-state index contributed by atoms with van der Waals surface area (Å²) in [6, 6.07) is 11.0. The van der Waals surface area contributed by atoms with Gasteiger partial charge in [0.05, 0.1) is 30.8 Å². The molecular weight excluding hydrogens is 572 g/mol. The number of carbonyl (C=O) groups excluding carboxylic acids is 2. The molecule has 0 atom stereocenters. The third kappa shape index (κ3) is 8.10. The van der Waals surface area contributed by atoms with Crippen LogP contribution in [0.3, 0.4) is 0 Å². The predicted molar refractivity (Wildman–Crippen MR) is 140 cm³/mol. The Bertz CT molecular complexity index is 1420. The van der Waals surface area contributed by atoms with Crippen molar-refractivity contribution in [2.75, 3.05) is 31.6 Å². The molecule has 3 aromatic rings. The first-order valence-corrected chi connectivity index (χ1v) is 13.1. The molecule has 216 valence electrons. The van der Waals surface area contributed by atoms with E-state index >= 15 is 0 Å². The maximum atomic E-state index is 14.2. The maximum absolute atomic E-state index is 14.2. The number of benzene rings is 2. The van der Waals surface area contributed by atoms with E-state index in [9.17, 15) is 35.9 Å². The standard InChI is InChI=1S/C28H23F6N3O3S/c29-27(30,31)25-19(7-9-24(39)37-11-13-40-14-12-37)6-8-22(26(25)28(32,33)34)41-21-5-1-4-20(16-21)36-23(38)15-18-3-2-10-35-17-18/h1-10,16-17H,11-15H2,(H,36,38). The fourth-order valence-corrected chi connectivity index (χ4v) is 5.16. The number of pyridine rings is 1. The highest BCUT2D eigenvalue weighted by atomic mass is 32.2. The Morgan fingerprint density at radius 1 is 0.976 bits per heavy atom. The molecule has 0 radical (unpaired) electrons. The second kappa shape index (κ2) is 12.8. The number of amides is 2. The zero-order valence-electron chi connectivity index (χ0n) is 21.3. The summed E-state index contributed by atoms with van der Waals surface area (Å²) in [5.74, 6) is -1.03. The highest BCUT2D eigenvalue weighted by Gasteiger charge is 2.46. The Kier molecular flexibility index (Phi) is 9.38. The van der Waals surface area contributed by atoms with Gasteiger partial charge in [-0.3, -0.25) is 14.6 Å². The summed E-state index contributed by atoms with van der Waals surface area (Å²) in [7, 11) is 0. The molecule has 1 aromatic heterocycles. The van der Waals surface area contributed by atoms with E-state index in [1.807, 2.05) is 0 Å². The molecule has 1 fully saturated rings. The molecule has 1 N–H and O–H groups in total. The highest BCUT2D eigenvalue weighted by Crippen LogP contribution is 2.48. The van der Waals surface area contributed by atoms with Crippen molar-refractivity contribution < 1.29 is 40.7 Å². The summed E-state index contributed by atoms with van der Waals surface area (Å²) in [5.41, 5.74) is -3.63. The number of nitrogens with one attached hydrogen (secondary N) is 1. The average molecular weight is 596 g/mol. The van der Waals surface area contributed by atoms with Crippen LogP contribution in [0.2, 0.25) is 0 Å². The van der Waals surface area contributed by atoms with E-state index in [1.54, 1.807) is 18.3 Å². The molecule has 0 spiro atoms. The van der Waals surface area contributed by atoms with Crippen molar-refractivity contribution in [1.82, 2.24) is 9.88 Å². The number of anilines is 1. The van der Waals surface area contributed by atoms with Crippen LogP contribution in [0.5, 0.6) is 0 Å². The molecule has 2 aromatic carbocycles. The number of aromatic nitrogens is 1. The fraction of sp³-hybridized carbons (Fsp3) is 0.250. The van der Waals surface area contributed by atoms with Gasteiger partial charge in [-0.05, 0) is 47.5 Å². The summed E-state index contributed by atoms with van der Waals surface area (Å²) in [6.45, 7) is 0.961. The van der Waals surface area contributed by atoms with Crippen molar-refractivity contribution in [2.45, 2.75) is 28.6 Å². The minimum absolute atomic E-state index is 0.00138. The Balaban J connectivity index is 1.62. The van der Waals surface area contributed by atoms with E-state index in [0.717, 1.165) is 24.3 Å². The van der Waals surface area contributed by atoms with Crippen LogP contribution in [-0.2, 0) is 33.1 Å². The lowest BCUT2D eigenvalue weighted by molar-refractivity contribution is -0.163. The third-order valence-electron chi connectivity index (χ3n) is 5.93. The van der Waals surface area contributed by atoms with Crippen LogP contribution >= 0.6 is 11.8 Å². The van der Waals surface area contributed by atoms with Gasteiger partial charge in [-0.2, -0.15) is 26.3 Å². The molecule has 0 aliphatic carbocycles. The van der Waals surface area contributed by atoms with E-state index in [4.69, 9.17) is 4.74 Å². The number of halogens is 6. The number of ether oxygens (including phenoxy) is 1. The molecule has 2 heterocycles. The lowest BCUT2D eigenvalue weighted by atomic mass is 9.99. The summed E-state index contributed by atoms with van der Waals surface area (Å²) in [4.78, 5) is 29.5. The van der Waals surface area contributed by atoms with Crippen LogP contribution in [0.4, 0.5) is 32.0 Å². The summed E-state index contributed by atoms with van der Waals surface area (Å²) in [6.07, 6.45) is -6.08. The summed E-state index contributed by atoms with van der Waals surface area (Å²) < 4.78 is 90.0. The smallest absolute Gasteiger partial charge is 0.378 e. The van der Waals surface area contributed by atoms with Crippen molar-refractivity contribution in [3.63, 3.8) is 0 Å². The Morgan fingerprint density at radius 2 is 1.71 bits per heavy atom. The Hall–Kier alpha value is -3.84. The van der Waals surface area contributed by atoms with Crippen molar-refractivity contribution in [3.8, 4) is 0 Å². The lowest BCUT2D eigenvalue weighted by Crippen LogP contribution is -2.39. The topological polar surface area (TPSA) is 71.5 Å². The first-order chi connectivity index (χ1) is 19.4. The molecule has 41 heavy (non-hydrogen) atoms. The second-order valence-electron chi connectivity index (χ2n) is 8.89. The zero-order valence-corrected chi connectivity index (χ0v) is 22.1. The fourth-order valence-electron chi connectivity index (χ4n) is 4.12. The molecule has 2 amide bonds. The number of morpholine rings is 1. The summed E-state index contributed by atoms with van der Waals surface area (Å²) >= 11 is 0.478. The van der Waals surface area contributed by atoms with Gasteiger partial charge in [0.15, 0.2) is 0 Å². The largest absolute Gasteiger partial charge is 0.418 e. The summed E-state index contributed by atoms with van der Waals surface area (Å²) in [5, 5.41) is 2.63. The average Bonchev–Trinajstić information content (AvgIpc) is 2.92. The van der Waals surface area contributed by atoms with Gasteiger partial charge >= 0.3 is 12.4 Å². The van der Waals surface area contributed by atoms with Crippen molar-refractivity contribution in [3.05, 3.63) is 89.3 Å². The van der Waals surface area contributed by atoms with Gasteiger partial charge in [0.25, 0.3) is 0 Å². The van der Waals surface area contributed by atoms with Crippen LogP contribution in [0, 0.1) is 0 Å². The second-order valence-corrected chi connectivity index (χ2v) is 10.0. The van der Waals surface area contributed by atoms with Crippen LogP contribution < -0.4 is 5.32 Å². The molecule has 0 bridgehead atoms. The van der Waals surface area contributed by atoms with Crippen LogP contribution in [0.1, 0.15) is 22.3 Å². The normalized spacial score (nSPS) is 14.3. The van der Waals surface area contributed by atoms with Crippen molar-refractivity contribution >= 4 is 35.3 Å². The molecular formula is C28H23F6N3O3S. The molecule has 1 aliphatic heterocycles. The number of alkyl halides is 6. The highest BCUT2D eigenvalue weighted by molar-refractivity contribution is 7.99. The SMILES string of the molecule is O=C(Cc1cccnc1)Nc1cccc(Sc2ccc(C=CC(=O)N3CCOCC3)c(C(F)(F)F)c2C(F)(F)F)c1. The first-order valence-electron chi connectivity index (χ1n) is 12.2. The number of nitrogens with zero attached hydrogens (tertiary/aromatic N) is 2. The van der Waals surface area contributed by atoms with Gasteiger partial charge in [0.1, 0.15) is 0 Å². The minimum Gasteiger partial charge on any atom is -0.378 e. The Labute approximate surface area is 235 Å². The van der Waals surface area contributed by atoms with E-state index < -0.39 is 45.8 Å². The number of hydrogen-bond donors (Lipinski definition) is 1. The van der Waals surface area contributed by atoms with E-state index in [1.165, 1.54) is 35.4 Å². The van der Waals surface area contributed by atoms with E-state index in [0.29, 0.717) is 17.3 Å². The number of hydrogen-bond acceptors (Lipinski definition) is 5. The molecule has 0 unspecified atom stereocenters. The van der Waals surface area contributed by atoms with Crippen LogP contribution in [0.25, 0.3) is 6.08 Å². The van der Waals surface area contributed by atoms with Crippen molar-refractivity contribution in [1.29, 1.82) is 0 Å². The molecule has 1 saturated heterocycles. The van der Waals surface area contributed by atoms with Crippen molar-refractivity contribution in [2.24, 2.45) is 0 Å². The molecule has 0 saturated carbocycles. The van der Waals surface area contributed by atoms with Gasteiger partial charge in [-0.25, -0.2) is 0 Å². The molecule has 6 nitrogen and oxygen atoms in total. The van der Waals surface area contributed by atoms with E-state index in [2.05, 4.69) is 10.3 Å². The maximum Gasteiger partial charge on any atom is 0.418 e. The monoisotopic (exact) mass is 595 g/mol. The number of rotatable bonds is 7. The van der Waals surface area contributed by atoms with E-state index in [-0.39, 0.29) is 43.3 Å². The zero-order chi connectivity index (χ0) is 29.6. The van der Waals surface area contributed by atoms with Crippen LogP contribution in [0.15, 0.2) is 76.8 Å². The lowest BCUT2D eigenvalue weighted by Gasteiger charge is -2.25. The van der Waals surface area contributed by atoms with Gasteiger partial charge < -0.3 is 15.0 Å². The van der Waals surface area contributed by atoms with Crippen LogP contribution in [-0.4, -0.2) is 48.0 Å². The minimum atomic E-state index is -5.37. The molecule has 13 heteroatoms. The van der Waals surface area contributed by atoms with Gasteiger partial charge in [-0.1, -0.05) is 30.0 Å². The first kappa shape index (κ1) is 30.1. The van der Waals surface area contributed by atoms with Gasteiger partial charge in [-0.15, -0.1) is 0 Å². The third-order valence-corrected chi connectivity index (χ3v) is 6.98. The molecule has 1 aliphatic rings. The van der Waals surface area contributed by atoms with Gasteiger partial charge in [0, 0.05) is 47.0 Å². The number of carbonyl (C=O) groups is 2. The Morgan fingerprint density at radius 3 is 2.37 bits per heavy atom. The quantitative estimate of drug-likeness (QED) is 0.256. The molecule has 4 rings (SSSR count). The van der Waals surface area contributed by atoms with Gasteiger partial charge in [0.2, 0.25) is 11.8 Å².